The van der Waals surface area contributed by atoms with Crippen molar-refractivity contribution in [1.82, 2.24) is 4.98 Å². The van der Waals surface area contributed by atoms with E-state index < -0.39 is 0 Å². The van der Waals surface area contributed by atoms with E-state index >= 15 is 0 Å². The fourth-order valence-electron chi connectivity index (χ4n) is 1.83. The lowest BCUT2D eigenvalue weighted by molar-refractivity contribution is 0.880. The minimum Gasteiger partial charge on any atom is -0.377 e. The van der Waals surface area contributed by atoms with Crippen LogP contribution in [0.15, 0.2) is 42.6 Å². The predicted molar refractivity (Wildman–Crippen MR) is 72.2 cm³/mol. The smallest absolute Gasteiger partial charge is 0.0531 e. The molecule has 0 saturated heterocycles. The van der Waals surface area contributed by atoms with Crippen molar-refractivity contribution in [2.45, 2.75) is 26.8 Å². The molecule has 2 heteroatoms. The van der Waals surface area contributed by atoms with Crippen LogP contribution in [0.1, 0.15) is 29.8 Å². The van der Waals surface area contributed by atoms with E-state index in [4.69, 9.17) is 0 Å². The normalized spacial score (nSPS) is 12.2. The van der Waals surface area contributed by atoms with Crippen molar-refractivity contribution in [2.24, 2.45) is 0 Å². The van der Waals surface area contributed by atoms with Gasteiger partial charge in [-0.15, -0.1) is 0 Å². The molecule has 1 aromatic carbocycles. The number of nitrogens with zero attached hydrogens (tertiary/aromatic N) is 1. The van der Waals surface area contributed by atoms with Crippen LogP contribution < -0.4 is 5.32 Å². The highest BCUT2D eigenvalue weighted by Gasteiger charge is 2.05. The minimum absolute atomic E-state index is 0.291. The number of aryl methyl sites for hydroxylation is 2. The molecule has 2 nitrogen and oxygen atoms in total. The number of benzene rings is 1. The van der Waals surface area contributed by atoms with Crippen LogP contribution in [-0.4, -0.2) is 4.98 Å². The molecular weight excluding hydrogens is 208 g/mol. The van der Waals surface area contributed by atoms with E-state index in [1.54, 1.807) is 0 Å². The topological polar surface area (TPSA) is 24.9 Å². The molecule has 0 fully saturated rings. The maximum atomic E-state index is 4.28. The molecule has 2 aromatic rings. The Morgan fingerprint density at radius 2 is 1.94 bits per heavy atom. The molecule has 17 heavy (non-hydrogen) atoms. The van der Waals surface area contributed by atoms with E-state index in [0.29, 0.717) is 6.04 Å². The molecule has 1 unspecified atom stereocenters. The summed E-state index contributed by atoms with van der Waals surface area (Å²) >= 11 is 0. The van der Waals surface area contributed by atoms with Gasteiger partial charge in [0.1, 0.15) is 0 Å². The lowest BCUT2D eigenvalue weighted by Crippen LogP contribution is -2.06. The summed E-state index contributed by atoms with van der Waals surface area (Å²) in [5, 5.41) is 3.45. The Hall–Kier alpha value is -1.83. The maximum Gasteiger partial charge on any atom is 0.0531 e. The highest BCUT2D eigenvalue weighted by Crippen LogP contribution is 2.19. The number of hydrogen-bond acceptors (Lipinski definition) is 2. The van der Waals surface area contributed by atoms with Gasteiger partial charge in [0.05, 0.1) is 11.9 Å². The van der Waals surface area contributed by atoms with Gasteiger partial charge >= 0.3 is 0 Å². The van der Waals surface area contributed by atoms with E-state index in [2.05, 4.69) is 54.5 Å². The molecule has 0 spiro atoms. The van der Waals surface area contributed by atoms with Crippen molar-refractivity contribution in [3.05, 3.63) is 59.4 Å². The highest BCUT2D eigenvalue weighted by molar-refractivity contribution is 5.43. The molecule has 88 valence electrons. The molecule has 0 aliphatic rings. The zero-order valence-electron chi connectivity index (χ0n) is 10.6. The van der Waals surface area contributed by atoms with Gasteiger partial charge < -0.3 is 5.32 Å². The molecule has 2 rings (SSSR count). The Morgan fingerprint density at radius 3 is 2.59 bits per heavy atom. The van der Waals surface area contributed by atoms with E-state index in [1.165, 1.54) is 11.1 Å². The van der Waals surface area contributed by atoms with Crippen LogP contribution in [0, 0.1) is 13.8 Å². The number of nitrogens with one attached hydrogen (secondary N) is 1. The number of anilines is 1. The van der Waals surface area contributed by atoms with E-state index in [-0.39, 0.29) is 0 Å². The zero-order chi connectivity index (χ0) is 12.3. The van der Waals surface area contributed by atoms with Gasteiger partial charge in [-0.3, -0.25) is 4.98 Å². The fourth-order valence-corrected chi connectivity index (χ4v) is 1.83. The Bertz CT molecular complexity index is 489. The van der Waals surface area contributed by atoms with Crippen LogP contribution in [0.3, 0.4) is 0 Å². The van der Waals surface area contributed by atoms with Gasteiger partial charge in [-0.25, -0.2) is 0 Å². The van der Waals surface area contributed by atoms with E-state index in [9.17, 15) is 0 Å². The molecule has 0 aliphatic heterocycles. The van der Waals surface area contributed by atoms with Crippen molar-refractivity contribution >= 4 is 5.69 Å². The fraction of sp³-hybridized carbons (Fsp3) is 0.267. The van der Waals surface area contributed by atoms with Crippen LogP contribution in [0.2, 0.25) is 0 Å². The lowest BCUT2D eigenvalue weighted by Gasteiger charge is -2.16. The summed E-state index contributed by atoms with van der Waals surface area (Å²) in [5.74, 6) is 0. The second kappa shape index (κ2) is 5.00. The van der Waals surface area contributed by atoms with Crippen molar-refractivity contribution < 1.29 is 0 Å². The Labute approximate surface area is 103 Å². The number of rotatable bonds is 3. The van der Waals surface area contributed by atoms with E-state index in [1.807, 2.05) is 19.2 Å². The summed E-state index contributed by atoms with van der Waals surface area (Å²) in [5.41, 5.74) is 4.69. The first-order valence-electron chi connectivity index (χ1n) is 5.91. The van der Waals surface area contributed by atoms with Crippen molar-refractivity contribution in [1.29, 1.82) is 0 Å². The summed E-state index contributed by atoms with van der Waals surface area (Å²) in [6.07, 6.45) is 1.88. The monoisotopic (exact) mass is 226 g/mol. The van der Waals surface area contributed by atoms with Crippen LogP contribution >= 0.6 is 0 Å². The summed E-state index contributed by atoms with van der Waals surface area (Å²) in [7, 11) is 0. The second-order valence-electron chi connectivity index (χ2n) is 4.47. The highest BCUT2D eigenvalue weighted by atomic mass is 14.9. The number of hydrogen-bond donors (Lipinski definition) is 1. The van der Waals surface area contributed by atoms with Gasteiger partial charge in [-0.1, -0.05) is 29.8 Å². The molecule has 1 aromatic heterocycles. The van der Waals surface area contributed by atoms with E-state index in [0.717, 1.165) is 11.4 Å². The molecule has 1 atom stereocenters. The zero-order valence-corrected chi connectivity index (χ0v) is 10.6. The van der Waals surface area contributed by atoms with Crippen molar-refractivity contribution in [3.8, 4) is 0 Å². The summed E-state index contributed by atoms with van der Waals surface area (Å²) < 4.78 is 0. The molecule has 0 bridgehead atoms. The second-order valence-corrected chi connectivity index (χ2v) is 4.47. The van der Waals surface area contributed by atoms with Crippen molar-refractivity contribution in [2.75, 3.05) is 5.32 Å². The average molecular weight is 226 g/mol. The summed E-state index contributed by atoms with van der Waals surface area (Å²) in [6.45, 7) is 6.27. The standard InChI is InChI=1S/C15H18N2/c1-11-5-4-6-14(9-11)13(3)17-15-8-7-12(2)16-10-15/h4-10,13,17H,1-3H3. The minimum atomic E-state index is 0.291. The summed E-state index contributed by atoms with van der Waals surface area (Å²) in [4.78, 5) is 4.28. The quantitative estimate of drug-likeness (QED) is 0.859. The maximum absolute atomic E-state index is 4.28. The molecule has 1 N–H and O–H groups in total. The van der Waals surface area contributed by atoms with Gasteiger partial charge in [-0.05, 0) is 38.5 Å². The van der Waals surface area contributed by atoms with Crippen molar-refractivity contribution in [3.63, 3.8) is 0 Å². The van der Waals surface area contributed by atoms with Crippen LogP contribution in [0.5, 0.6) is 0 Å². The predicted octanol–water partition coefficient (Wildman–Crippen LogP) is 3.87. The first-order valence-corrected chi connectivity index (χ1v) is 5.91. The lowest BCUT2D eigenvalue weighted by atomic mass is 10.1. The third-order valence-electron chi connectivity index (χ3n) is 2.84. The molecule has 0 radical (unpaired) electrons. The summed E-state index contributed by atoms with van der Waals surface area (Å²) in [6, 6.07) is 12.9. The molecular formula is C15H18N2. The van der Waals surface area contributed by atoms with Gasteiger partial charge in [0, 0.05) is 11.7 Å². The SMILES string of the molecule is Cc1cccc(C(C)Nc2ccc(C)nc2)c1. The molecule has 1 heterocycles. The average Bonchev–Trinajstić information content (AvgIpc) is 2.32. The third kappa shape index (κ3) is 3.06. The first-order chi connectivity index (χ1) is 8.15. The van der Waals surface area contributed by atoms with Gasteiger partial charge in [0.2, 0.25) is 0 Å². The first kappa shape index (κ1) is 11.6. The molecule has 0 saturated carbocycles. The number of aromatic nitrogens is 1. The third-order valence-corrected chi connectivity index (χ3v) is 2.84. The Morgan fingerprint density at radius 1 is 1.12 bits per heavy atom. The van der Waals surface area contributed by atoms with Gasteiger partial charge in [0.15, 0.2) is 0 Å². The van der Waals surface area contributed by atoms with Gasteiger partial charge in [-0.2, -0.15) is 0 Å². The largest absolute Gasteiger partial charge is 0.377 e. The van der Waals surface area contributed by atoms with Crippen LogP contribution in [0.4, 0.5) is 5.69 Å². The van der Waals surface area contributed by atoms with Crippen LogP contribution in [0.25, 0.3) is 0 Å². The number of pyridine rings is 1. The van der Waals surface area contributed by atoms with Crippen LogP contribution in [-0.2, 0) is 0 Å². The Balaban J connectivity index is 2.11. The van der Waals surface area contributed by atoms with Gasteiger partial charge in [0.25, 0.3) is 0 Å². The molecule has 0 amide bonds. The Kier molecular flexibility index (Phi) is 3.43. The molecule has 0 aliphatic carbocycles.